The average Bonchev–Trinajstić information content (AvgIpc) is 3.14. The van der Waals surface area contributed by atoms with Gasteiger partial charge in [-0.15, -0.1) is 0 Å². The largest absolute Gasteiger partial charge is 0.310 e. The molecular formula is C42H51N. The summed E-state index contributed by atoms with van der Waals surface area (Å²) in [5.74, 6) is 0. The Kier molecular flexibility index (Phi) is 6.29. The molecule has 0 saturated carbocycles. The highest BCUT2D eigenvalue weighted by Gasteiger charge is 2.58. The number of hydrogen-bond donors (Lipinski definition) is 0. The van der Waals surface area contributed by atoms with Crippen LogP contribution in [0, 0.1) is 10.8 Å². The Morgan fingerprint density at radius 1 is 0.349 bits per heavy atom. The third-order valence-corrected chi connectivity index (χ3v) is 13.7. The Morgan fingerprint density at radius 3 is 1.12 bits per heavy atom. The second-order valence-electron chi connectivity index (χ2n) is 16.5. The van der Waals surface area contributed by atoms with Crippen LogP contribution >= 0.6 is 0 Å². The van der Waals surface area contributed by atoms with E-state index < -0.39 is 0 Å². The topological polar surface area (TPSA) is 3.24 Å². The van der Waals surface area contributed by atoms with Crippen molar-refractivity contribution in [1.82, 2.24) is 0 Å². The van der Waals surface area contributed by atoms with Crippen LogP contribution in [0.15, 0.2) is 91.0 Å². The predicted octanol–water partition coefficient (Wildman–Crippen LogP) is 12.0. The van der Waals surface area contributed by atoms with Crippen LogP contribution in [0.5, 0.6) is 0 Å². The number of fused-ring (bicyclic) bond motifs is 2. The lowest BCUT2D eigenvalue weighted by Crippen LogP contribution is -2.42. The van der Waals surface area contributed by atoms with Crippen LogP contribution in [0.4, 0.5) is 17.1 Å². The van der Waals surface area contributed by atoms with E-state index in [1.54, 1.807) is 0 Å². The molecule has 224 valence electrons. The Balaban J connectivity index is 1.55. The molecule has 0 aliphatic heterocycles. The third-order valence-electron chi connectivity index (χ3n) is 13.7. The standard InChI is InChI=1S/C42H51N/c1-37(2)33-24-22-31(26-35(33)39(5,6)41(37,9)10)43(30-20-18-29(19-21-30)28-16-14-13-15-17-28)32-23-25-34-36(27-32)40(7,8)42(11,12)38(34,3)4/h13-27H,1-12H3. The molecule has 6 rings (SSSR count). The van der Waals surface area contributed by atoms with Crippen molar-refractivity contribution < 1.29 is 0 Å². The molecule has 4 aromatic rings. The fourth-order valence-electron chi connectivity index (χ4n) is 8.26. The van der Waals surface area contributed by atoms with Crippen molar-refractivity contribution >= 4 is 17.1 Å². The molecule has 0 aromatic heterocycles. The highest BCUT2D eigenvalue weighted by Crippen LogP contribution is 2.63. The van der Waals surface area contributed by atoms with E-state index in [1.807, 2.05) is 0 Å². The minimum atomic E-state index is 0.0403. The lowest BCUT2D eigenvalue weighted by atomic mass is 9.59. The summed E-state index contributed by atoms with van der Waals surface area (Å²) in [4.78, 5) is 2.48. The zero-order valence-corrected chi connectivity index (χ0v) is 28.6. The summed E-state index contributed by atoms with van der Waals surface area (Å²) in [5, 5.41) is 0. The van der Waals surface area contributed by atoms with E-state index in [2.05, 4.69) is 179 Å². The van der Waals surface area contributed by atoms with Crippen molar-refractivity contribution in [3.63, 3.8) is 0 Å². The fourth-order valence-corrected chi connectivity index (χ4v) is 8.26. The molecule has 0 fully saturated rings. The maximum absolute atomic E-state index is 2.49. The smallest absolute Gasteiger partial charge is 0.0464 e. The molecule has 0 N–H and O–H groups in total. The Hall–Kier alpha value is -3.32. The summed E-state index contributed by atoms with van der Waals surface area (Å²) in [6.45, 7) is 29.2. The molecule has 0 saturated heterocycles. The van der Waals surface area contributed by atoms with Gasteiger partial charge < -0.3 is 4.90 Å². The summed E-state index contributed by atoms with van der Waals surface area (Å²) in [6, 6.07) is 34.3. The molecule has 0 amide bonds. The number of hydrogen-bond acceptors (Lipinski definition) is 1. The van der Waals surface area contributed by atoms with Crippen molar-refractivity contribution in [2.75, 3.05) is 4.90 Å². The van der Waals surface area contributed by atoms with Gasteiger partial charge in [0.05, 0.1) is 0 Å². The van der Waals surface area contributed by atoms with Gasteiger partial charge in [0.25, 0.3) is 0 Å². The van der Waals surface area contributed by atoms with E-state index in [1.165, 1.54) is 50.4 Å². The van der Waals surface area contributed by atoms with Crippen molar-refractivity contribution in [2.45, 2.75) is 105 Å². The number of rotatable bonds is 4. The highest BCUT2D eigenvalue weighted by molar-refractivity contribution is 5.80. The van der Waals surface area contributed by atoms with Gasteiger partial charge in [-0.05, 0) is 102 Å². The molecular weight excluding hydrogens is 518 g/mol. The minimum absolute atomic E-state index is 0.0403. The van der Waals surface area contributed by atoms with Crippen LogP contribution in [-0.4, -0.2) is 0 Å². The molecule has 0 spiro atoms. The van der Waals surface area contributed by atoms with E-state index in [9.17, 15) is 0 Å². The van der Waals surface area contributed by atoms with E-state index in [-0.39, 0.29) is 32.5 Å². The first kappa shape index (κ1) is 29.7. The van der Waals surface area contributed by atoms with Crippen LogP contribution in [0.2, 0.25) is 0 Å². The van der Waals surface area contributed by atoms with Crippen LogP contribution in [0.1, 0.15) is 105 Å². The van der Waals surface area contributed by atoms with Gasteiger partial charge in [-0.1, -0.05) is 138 Å². The molecule has 43 heavy (non-hydrogen) atoms. The van der Waals surface area contributed by atoms with E-state index in [0.717, 1.165) is 0 Å². The van der Waals surface area contributed by atoms with Crippen molar-refractivity contribution in [3.05, 3.63) is 113 Å². The van der Waals surface area contributed by atoms with E-state index >= 15 is 0 Å². The Morgan fingerprint density at radius 2 is 0.698 bits per heavy atom. The van der Waals surface area contributed by atoms with Gasteiger partial charge >= 0.3 is 0 Å². The maximum Gasteiger partial charge on any atom is 0.0464 e. The van der Waals surface area contributed by atoms with E-state index in [4.69, 9.17) is 0 Å². The molecule has 0 radical (unpaired) electrons. The fraction of sp³-hybridized carbons (Fsp3) is 0.429. The van der Waals surface area contributed by atoms with Gasteiger partial charge in [0.2, 0.25) is 0 Å². The van der Waals surface area contributed by atoms with Gasteiger partial charge in [-0.2, -0.15) is 0 Å². The van der Waals surface area contributed by atoms with Crippen molar-refractivity contribution in [1.29, 1.82) is 0 Å². The van der Waals surface area contributed by atoms with Gasteiger partial charge in [-0.25, -0.2) is 0 Å². The molecule has 2 aliphatic carbocycles. The molecule has 0 bridgehead atoms. The monoisotopic (exact) mass is 569 g/mol. The Labute approximate surface area is 261 Å². The normalized spacial score (nSPS) is 21.2. The summed E-state index contributed by atoms with van der Waals surface area (Å²) in [5.41, 5.74) is 12.5. The minimum Gasteiger partial charge on any atom is -0.310 e. The summed E-state index contributed by atoms with van der Waals surface area (Å²) >= 11 is 0. The molecule has 0 atom stereocenters. The predicted molar refractivity (Wildman–Crippen MR) is 186 cm³/mol. The van der Waals surface area contributed by atoms with Crippen LogP contribution in [0.25, 0.3) is 11.1 Å². The van der Waals surface area contributed by atoms with E-state index in [0.29, 0.717) is 0 Å². The zero-order valence-electron chi connectivity index (χ0n) is 28.6. The second kappa shape index (κ2) is 9.10. The number of anilines is 3. The summed E-state index contributed by atoms with van der Waals surface area (Å²) in [6.07, 6.45) is 0. The van der Waals surface area contributed by atoms with Gasteiger partial charge in [0.15, 0.2) is 0 Å². The lowest BCUT2D eigenvalue weighted by Gasteiger charge is -2.44. The first-order chi connectivity index (χ1) is 19.9. The van der Waals surface area contributed by atoms with Gasteiger partial charge in [0.1, 0.15) is 0 Å². The third kappa shape index (κ3) is 3.82. The average molecular weight is 570 g/mol. The summed E-state index contributed by atoms with van der Waals surface area (Å²) < 4.78 is 0. The number of nitrogens with zero attached hydrogens (tertiary/aromatic N) is 1. The summed E-state index contributed by atoms with van der Waals surface area (Å²) in [7, 11) is 0. The molecule has 1 heteroatoms. The molecule has 1 nitrogen and oxygen atoms in total. The maximum atomic E-state index is 2.49. The quantitative estimate of drug-likeness (QED) is 0.236. The molecule has 4 aromatic carbocycles. The molecule has 0 heterocycles. The van der Waals surface area contributed by atoms with Crippen LogP contribution in [0.3, 0.4) is 0 Å². The Bertz CT molecular complexity index is 1610. The lowest BCUT2D eigenvalue weighted by molar-refractivity contribution is 0.125. The van der Waals surface area contributed by atoms with Crippen molar-refractivity contribution in [3.8, 4) is 11.1 Å². The first-order valence-corrected chi connectivity index (χ1v) is 16.1. The first-order valence-electron chi connectivity index (χ1n) is 16.1. The molecule has 2 aliphatic rings. The number of benzene rings is 4. The van der Waals surface area contributed by atoms with Gasteiger partial charge in [-0.3, -0.25) is 0 Å². The second-order valence-corrected chi connectivity index (χ2v) is 16.5. The highest BCUT2D eigenvalue weighted by atomic mass is 15.1. The molecule has 0 unspecified atom stereocenters. The van der Waals surface area contributed by atoms with Gasteiger partial charge in [0, 0.05) is 17.1 Å². The van der Waals surface area contributed by atoms with Crippen molar-refractivity contribution in [2.24, 2.45) is 10.8 Å². The SMILES string of the molecule is CC1(C)c2ccc(N(c3ccc(-c4ccccc4)cc3)c3ccc4c(c3)C(C)(C)C(C)(C)C4(C)C)cc2C(C)(C)C1(C)C. The van der Waals surface area contributed by atoms with Crippen LogP contribution < -0.4 is 4.90 Å². The zero-order chi connectivity index (χ0) is 31.4. The van der Waals surface area contributed by atoms with Crippen LogP contribution in [-0.2, 0) is 21.7 Å².